The second kappa shape index (κ2) is 8.70. The zero-order chi connectivity index (χ0) is 19.1. The lowest BCUT2D eigenvalue weighted by Crippen LogP contribution is -2.36. The lowest BCUT2D eigenvalue weighted by Gasteiger charge is -2.20. The number of carbonyl (C=O) groups excluding carboxylic acids is 2. The van der Waals surface area contributed by atoms with Gasteiger partial charge in [-0.1, -0.05) is 17.3 Å². The number of ether oxygens (including phenoxy) is 2. The lowest BCUT2D eigenvalue weighted by molar-refractivity contribution is 0.0958. The summed E-state index contributed by atoms with van der Waals surface area (Å²) in [7, 11) is 3.19. The fraction of sp³-hybridized carbons (Fsp3) is 0.375. The van der Waals surface area contributed by atoms with Crippen LogP contribution >= 0.6 is 0 Å². The van der Waals surface area contributed by atoms with Crippen LogP contribution in [0, 0.1) is 0 Å². The molecule has 26 heavy (non-hydrogen) atoms. The molecule has 3 N–H and O–H groups in total. The van der Waals surface area contributed by atoms with Crippen molar-refractivity contribution >= 4 is 11.9 Å². The summed E-state index contributed by atoms with van der Waals surface area (Å²) >= 11 is 0. The summed E-state index contributed by atoms with van der Waals surface area (Å²) in [5, 5.41) is 6.19. The number of nitrogens with two attached hydrogens (primary N) is 1. The Hall–Kier alpha value is -3.30. The first kappa shape index (κ1) is 19.0. The summed E-state index contributed by atoms with van der Waals surface area (Å²) in [6.07, 6.45) is 0. The van der Waals surface area contributed by atoms with Crippen LogP contribution in [0.2, 0.25) is 0 Å². The summed E-state index contributed by atoms with van der Waals surface area (Å²) in [5.41, 5.74) is 5.83. The van der Waals surface area contributed by atoms with Crippen LogP contribution in [0.5, 0.6) is 11.5 Å². The fourth-order valence-corrected chi connectivity index (χ4v) is 2.20. The number of nitrogens with one attached hydrogen (secondary N) is 1. The number of amides is 3. The quantitative estimate of drug-likeness (QED) is 0.712. The molecule has 3 amide bonds. The molecule has 1 aromatic carbocycles. The van der Waals surface area contributed by atoms with Crippen LogP contribution in [0.3, 0.4) is 0 Å². The first-order valence-electron chi connectivity index (χ1n) is 7.86. The maximum absolute atomic E-state index is 12.2. The van der Waals surface area contributed by atoms with E-state index in [1.54, 1.807) is 20.2 Å². The average Bonchev–Trinajstić information content (AvgIpc) is 3.10. The molecule has 0 unspecified atom stereocenters. The van der Waals surface area contributed by atoms with Gasteiger partial charge in [0.25, 0.3) is 0 Å². The Morgan fingerprint density at radius 1 is 1.38 bits per heavy atom. The molecule has 2 rings (SSSR count). The normalized spacial score (nSPS) is 10.3. The molecular formula is C16H21N5O5. The second-order valence-electron chi connectivity index (χ2n) is 5.28. The van der Waals surface area contributed by atoms with Crippen LogP contribution in [-0.4, -0.2) is 47.7 Å². The number of hydrogen-bond acceptors (Lipinski definition) is 7. The van der Waals surface area contributed by atoms with Crippen LogP contribution in [0.4, 0.5) is 4.79 Å². The molecule has 10 nitrogen and oxygen atoms in total. The Morgan fingerprint density at radius 3 is 2.77 bits per heavy atom. The first-order valence-corrected chi connectivity index (χ1v) is 7.86. The summed E-state index contributed by atoms with van der Waals surface area (Å²) < 4.78 is 15.6. The van der Waals surface area contributed by atoms with E-state index in [0.717, 1.165) is 5.56 Å². The zero-order valence-corrected chi connectivity index (χ0v) is 14.8. The Balaban J connectivity index is 1.99. The highest BCUT2D eigenvalue weighted by Crippen LogP contribution is 2.31. The predicted octanol–water partition coefficient (Wildman–Crippen LogP) is 0.917. The van der Waals surface area contributed by atoms with Gasteiger partial charge in [0.1, 0.15) is 0 Å². The smallest absolute Gasteiger partial charge is 0.317 e. The maximum Gasteiger partial charge on any atom is 0.317 e. The van der Waals surface area contributed by atoms with Gasteiger partial charge in [-0.25, -0.2) is 4.79 Å². The van der Waals surface area contributed by atoms with Crippen molar-refractivity contribution < 1.29 is 23.6 Å². The molecule has 0 saturated heterocycles. The molecule has 1 heterocycles. The van der Waals surface area contributed by atoms with Crippen LogP contribution in [0.1, 0.15) is 29.0 Å². The van der Waals surface area contributed by atoms with Crippen molar-refractivity contribution in [3.05, 3.63) is 35.5 Å². The maximum atomic E-state index is 12.2. The molecule has 0 bridgehead atoms. The Morgan fingerprint density at radius 2 is 2.15 bits per heavy atom. The van der Waals surface area contributed by atoms with Crippen molar-refractivity contribution in [1.29, 1.82) is 0 Å². The number of benzene rings is 1. The number of primary amides is 1. The van der Waals surface area contributed by atoms with Gasteiger partial charge < -0.3 is 29.9 Å². The first-order chi connectivity index (χ1) is 12.5. The van der Waals surface area contributed by atoms with Gasteiger partial charge in [0.2, 0.25) is 0 Å². The van der Waals surface area contributed by atoms with Gasteiger partial charge in [0, 0.05) is 12.6 Å². The van der Waals surface area contributed by atoms with Crippen LogP contribution in [-0.2, 0) is 13.1 Å². The molecule has 0 aliphatic heterocycles. The van der Waals surface area contributed by atoms with Crippen molar-refractivity contribution in [2.75, 3.05) is 20.8 Å². The molecular weight excluding hydrogens is 342 g/mol. The van der Waals surface area contributed by atoms with Crippen molar-refractivity contribution in [2.24, 2.45) is 5.73 Å². The van der Waals surface area contributed by atoms with Crippen molar-refractivity contribution in [1.82, 2.24) is 20.4 Å². The number of para-hydroxylation sites is 1. The van der Waals surface area contributed by atoms with Crippen molar-refractivity contribution in [3.8, 4) is 11.5 Å². The molecule has 0 aliphatic rings. The minimum Gasteiger partial charge on any atom is -0.493 e. The third kappa shape index (κ3) is 4.62. The molecule has 10 heteroatoms. The van der Waals surface area contributed by atoms with Gasteiger partial charge in [0.15, 0.2) is 17.3 Å². The summed E-state index contributed by atoms with van der Waals surface area (Å²) in [6, 6.07) is 5.12. The molecule has 0 radical (unpaired) electrons. The fourth-order valence-electron chi connectivity index (χ4n) is 2.20. The summed E-state index contributed by atoms with van der Waals surface area (Å²) in [4.78, 5) is 28.4. The van der Waals surface area contributed by atoms with E-state index in [1.807, 2.05) is 19.1 Å². The second-order valence-corrected chi connectivity index (χ2v) is 5.28. The highest BCUT2D eigenvalue weighted by Gasteiger charge is 2.16. The van der Waals surface area contributed by atoms with E-state index in [0.29, 0.717) is 24.7 Å². The van der Waals surface area contributed by atoms with E-state index in [2.05, 4.69) is 20.0 Å². The van der Waals surface area contributed by atoms with E-state index in [-0.39, 0.29) is 24.3 Å². The van der Waals surface area contributed by atoms with Gasteiger partial charge in [-0.15, -0.1) is 0 Å². The van der Waals surface area contributed by atoms with E-state index >= 15 is 0 Å². The molecule has 1 aromatic heterocycles. The monoisotopic (exact) mass is 363 g/mol. The highest BCUT2D eigenvalue weighted by molar-refractivity contribution is 5.87. The number of carbonyl (C=O) groups is 2. The Kier molecular flexibility index (Phi) is 6.36. The van der Waals surface area contributed by atoms with Crippen molar-refractivity contribution in [2.45, 2.75) is 20.0 Å². The average molecular weight is 363 g/mol. The number of aromatic nitrogens is 2. The molecule has 2 aromatic rings. The third-order valence-electron chi connectivity index (χ3n) is 3.40. The topological polar surface area (TPSA) is 133 Å². The number of methoxy groups -OCH3 is 1. The van der Waals surface area contributed by atoms with E-state index < -0.39 is 5.91 Å². The third-order valence-corrected chi connectivity index (χ3v) is 3.40. The Bertz CT molecular complexity index is 776. The van der Waals surface area contributed by atoms with Crippen LogP contribution in [0.15, 0.2) is 22.7 Å². The minimum atomic E-state index is -0.825. The standard InChI is InChI=1S/C16H21N5O5/c1-4-25-13-10(6-5-7-11(13)24-3)9-21(2)16(23)18-8-12-19-15(14(17)22)26-20-12/h5-7H,4,8-9H2,1-3H3,(H2,17,22)(H,18,23). The van der Waals surface area contributed by atoms with Crippen LogP contribution in [0.25, 0.3) is 0 Å². The highest BCUT2D eigenvalue weighted by atomic mass is 16.5. The van der Waals surface area contributed by atoms with E-state index in [4.69, 9.17) is 15.2 Å². The zero-order valence-electron chi connectivity index (χ0n) is 14.8. The van der Waals surface area contributed by atoms with E-state index in [1.165, 1.54) is 4.90 Å². The molecule has 0 saturated carbocycles. The summed E-state index contributed by atoms with van der Waals surface area (Å²) in [6.45, 7) is 2.65. The molecule has 140 valence electrons. The van der Waals surface area contributed by atoms with Gasteiger partial charge in [-0.3, -0.25) is 4.79 Å². The van der Waals surface area contributed by atoms with Gasteiger partial charge in [0.05, 0.1) is 26.8 Å². The lowest BCUT2D eigenvalue weighted by atomic mass is 10.1. The van der Waals surface area contributed by atoms with Gasteiger partial charge in [-0.2, -0.15) is 4.98 Å². The number of nitrogens with zero attached hydrogens (tertiary/aromatic N) is 3. The Labute approximate surface area is 150 Å². The van der Waals surface area contributed by atoms with E-state index in [9.17, 15) is 9.59 Å². The molecule has 0 spiro atoms. The number of rotatable bonds is 8. The minimum absolute atomic E-state index is 0.00359. The van der Waals surface area contributed by atoms with Gasteiger partial charge >= 0.3 is 17.8 Å². The largest absolute Gasteiger partial charge is 0.493 e. The molecule has 0 atom stereocenters. The van der Waals surface area contributed by atoms with Gasteiger partial charge in [-0.05, 0) is 13.0 Å². The van der Waals surface area contributed by atoms with Crippen LogP contribution < -0.4 is 20.5 Å². The van der Waals surface area contributed by atoms with Crippen molar-refractivity contribution in [3.63, 3.8) is 0 Å². The molecule has 0 fully saturated rings. The number of urea groups is 1. The SMILES string of the molecule is CCOc1c(CN(C)C(=O)NCc2noc(C(N)=O)n2)cccc1OC. The molecule has 0 aliphatic carbocycles. The summed E-state index contributed by atoms with van der Waals surface area (Å²) in [5.74, 6) is 0.219. The number of hydrogen-bond donors (Lipinski definition) is 2. The predicted molar refractivity (Wildman–Crippen MR) is 90.7 cm³/mol.